The molecule has 3 N–H and O–H groups in total. The summed E-state index contributed by atoms with van der Waals surface area (Å²) in [5.41, 5.74) is 11.8. The highest BCUT2D eigenvalue weighted by molar-refractivity contribution is 5.95. The number of nitrogens with zero attached hydrogens (tertiary/aromatic N) is 5. The van der Waals surface area contributed by atoms with Gasteiger partial charge >= 0.3 is 0 Å². The number of imidazole rings is 1. The van der Waals surface area contributed by atoms with Gasteiger partial charge in [0.05, 0.1) is 5.69 Å². The van der Waals surface area contributed by atoms with Crippen molar-refractivity contribution in [2.75, 3.05) is 37.8 Å². The first-order valence-corrected chi connectivity index (χ1v) is 12.3. The summed E-state index contributed by atoms with van der Waals surface area (Å²) in [6.07, 6.45) is 5.34. The van der Waals surface area contributed by atoms with Crippen molar-refractivity contribution in [1.29, 1.82) is 0 Å². The second-order valence-corrected chi connectivity index (χ2v) is 9.63. The van der Waals surface area contributed by atoms with Crippen molar-refractivity contribution in [2.45, 2.75) is 18.8 Å². The van der Waals surface area contributed by atoms with E-state index in [1.807, 2.05) is 66.5 Å². The Balaban J connectivity index is 1.27. The van der Waals surface area contributed by atoms with Gasteiger partial charge in [0.15, 0.2) is 0 Å². The van der Waals surface area contributed by atoms with E-state index in [2.05, 4.69) is 32.6 Å². The molecule has 0 bridgehead atoms. The first-order chi connectivity index (χ1) is 17.5. The summed E-state index contributed by atoms with van der Waals surface area (Å²) in [4.78, 5) is 30.0. The number of fused-ring (bicyclic) bond motifs is 2. The third-order valence-corrected chi connectivity index (χ3v) is 7.17. The number of amides is 1. The van der Waals surface area contributed by atoms with Crippen LogP contribution in [0.1, 0.15) is 34.9 Å². The van der Waals surface area contributed by atoms with Crippen molar-refractivity contribution in [3.8, 4) is 11.4 Å². The summed E-state index contributed by atoms with van der Waals surface area (Å²) in [5, 5.41) is 1.13. The van der Waals surface area contributed by atoms with Crippen LogP contribution >= 0.6 is 0 Å². The summed E-state index contributed by atoms with van der Waals surface area (Å²) >= 11 is 0. The molecule has 0 saturated carbocycles. The molecule has 0 atom stereocenters. The number of benzene rings is 2. The lowest BCUT2D eigenvalue weighted by atomic mass is 9.95. The number of aromatic amines is 1. The quantitative estimate of drug-likeness (QED) is 0.394. The predicted molar refractivity (Wildman–Crippen MR) is 143 cm³/mol. The summed E-state index contributed by atoms with van der Waals surface area (Å²) < 4.78 is 2.07. The molecule has 0 aliphatic carbocycles. The fourth-order valence-corrected chi connectivity index (χ4v) is 5.19. The van der Waals surface area contributed by atoms with Gasteiger partial charge in [-0.25, -0.2) is 9.97 Å². The smallest absolute Gasteiger partial charge is 0.253 e. The van der Waals surface area contributed by atoms with E-state index in [-0.39, 0.29) is 11.8 Å². The van der Waals surface area contributed by atoms with Crippen LogP contribution in [-0.2, 0) is 0 Å². The molecule has 1 saturated heterocycles. The summed E-state index contributed by atoms with van der Waals surface area (Å²) in [7, 11) is 3.99. The number of nitrogens with two attached hydrogens (primary N) is 1. The zero-order chi connectivity index (χ0) is 24.8. The number of aromatic nitrogens is 4. The van der Waals surface area contributed by atoms with Crippen molar-refractivity contribution in [2.24, 2.45) is 0 Å². The molecule has 5 aromatic rings. The van der Waals surface area contributed by atoms with E-state index in [1.165, 1.54) is 0 Å². The molecular weight excluding hydrogens is 450 g/mol. The second-order valence-electron chi connectivity index (χ2n) is 9.63. The fourth-order valence-electron chi connectivity index (χ4n) is 5.19. The van der Waals surface area contributed by atoms with E-state index >= 15 is 0 Å². The number of H-pyrrole nitrogens is 1. The van der Waals surface area contributed by atoms with Gasteiger partial charge in [0.25, 0.3) is 5.91 Å². The SMILES string of the molecule is CN(C)c1ccc(C(=O)N2CCC(c3nc(-c4cc5ccccc5[nH]4)c4c(N)nccn34)CC2)cc1. The number of rotatable bonds is 4. The number of carbonyl (C=O) groups is 1. The monoisotopic (exact) mass is 479 g/mol. The molecule has 0 unspecified atom stereocenters. The Hall–Kier alpha value is -4.33. The van der Waals surface area contributed by atoms with Gasteiger partial charge in [-0.05, 0) is 49.2 Å². The molecule has 0 radical (unpaired) electrons. The maximum Gasteiger partial charge on any atom is 0.253 e. The topological polar surface area (TPSA) is 95.5 Å². The standard InChI is InChI=1S/C28H29N7O/c1-33(2)21-9-7-19(8-10-21)28(36)34-14-11-18(12-15-34)27-32-24(25-26(29)30-13-16-35(25)27)23-17-20-5-3-4-6-22(20)31-23/h3-10,13,16-18,31H,11-12,14-15H2,1-2H3,(H2,29,30). The molecular formula is C28H29N7O. The van der Waals surface area contributed by atoms with Crippen LogP contribution in [-0.4, -0.2) is 57.3 Å². The third kappa shape index (κ3) is 3.75. The minimum absolute atomic E-state index is 0.0824. The van der Waals surface area contributed by atoms with Gasteiger partial charge in [0.1, 0.15) is 22.9 Å². The molecule has 6 rings (SSSR count). The van der Waals surface area contributed by atoms with Crippen molar-refractivity contribution >= 4 is 33.8 Å². The maximum absolute atomic E-state index is 13.1. The van der Waals surface area contributed by atoms with Gasteiger partial charge in [-0.3, -0.25) is 9.20 Å². The molecule has 3 aromatic heterocycles. The van der Waals surface area contributed by atoms with Crippen LogP contribution in [0.3, 0.4) is 0 Å². The lowest BCUT2D eigenvalue weighted by Crippen LogP contribution is -2.38. The molecule has 1 aliphatic rings. The Kier molecular flexibility index (Phi) is 5.36. The fraction of sp³-hybridized carbons (Fsp3) is 0.250. The Bertz CT molecular complexity index is 1520. The Morgan fingerprint density at radius 3 is 2.56 bits per heavy atom. The summed E-state index contributed by atoms with van der Waals surface area (Å²) in [5.74, 6) is 1.73. The molecule has 8 nitrogen and oxygen atoms in total. The Morgan fingerprint density at radius 1 is 1.08 bits per heavy atom. The molecule has 36 heavy (non-hydrogen) atoms. The minimum Gasteiger partial charge on any atom is -0.382 e. The van der Waals surface area contributed by atoms with Crippen LogP contribution < -0.4 is 10.6 Å². The van der Waals surface area contributed by atoms with Crippen LogP contribution in [0.15, 0.2) is 67.0 Å². The van der Waals surface area contributed by atoms with Gasteiger partial charge < -0.3 is 20.5 Å². The van der Waals surface area contributed by atoms with Crippen molar-refractivity contribution in [1.82, 2.24) is 24.3 Å². The highest BCUT2D eigenvalue weighted by atomic mass is 16.2. The number of hydrogen-bond donors (Lipinski definition) is 2. The van der Waals surface area contributed by atoms with E-state index in [1.54, 1.807) is 6.20 Å². The maximum atomic E-state index is 13.1. The Labute approximate surface area is 209 Å². The van der Waals surface area contributed by atoms with Gasteiger partial charge in [-0.15, -0.1) is 0 Å². The number of para-hydroxylation sites is 1. The first kappa shape index (κ1) is 22.2. The summed E-state index contributed by atoms with van der Waals surface area (Å²) in [6, 6.07) is 18.1. The molecule has 1 aliphatic heterocycles. The van der Waals surface area contributed by atoms with Crippen LogP contribution in [0.2, 0.25) is 0 Å². The van der Waals surface area contributed by atoms with Gasteiger partial charge in [0, 0.05) is 67.7 Å². The van der Waals surface area contributed by atoms with Gasteiger partial charge in [-0.1, -0.05) is 18.2 Å². The van der Waals surface area contributed by atoms with Gasteiger partial charge in [-0.2, -0.15) is 0 Å². The molecule has 182 valence electrons. The molecule has 1 fully saturated rings. The van der Waals surface area contributed by atoms with Crippen LogP contribution in [0.4, 0.5) is 11.5 Å². The number of nitrogens with one attached hydrogen (secondary N) is 1. The molecule has 4 heterocycles. The van der Waals surface area contributed by atoms with Crippen molar-refractivity contribution < 1.29 is 4.79 Å². The van der Waals surface area contributed by atoms with Crippen LogP contribution in [0, 0.1) is 0 Å². The van der Waals surface area contributed by atoms with Crippen LogP contribution in [0.5, 0.6) is 0 Å². The van der Waals surface area contributed by atoms with E-state index in [4.69, 9.17) is 10.7 Å². The van der Waals surface area contributed by atoms with Crippen molar-refractivity contribution in [3.63, 3.8) is 0 Å². The summed E-state index contributed by atoms with van der Waals surface area (Å²) in [6.45, 7) is 1.38. The number of anilines is 2. The van der Waals surface area contributed by atoms with E-state index in [0.29, 0.717) is 18.9 Å². The highest BCUT2D eigenvalue weighted by Gasteiger charge is 2.29. The number of hydrogen-bond acceptors (Lipinski definition) is 5. The normalized spacial score (nSPS) is 14.6. The zero-order valence-corrected chi connectivity index (χ0v) is 20.5. The molecule has 2 aromatic carbocycles. The third-order valence-electron chi connectivity index (χ3n) is 7.17. The Morgan fingerprint density at radius 2 is 1.83 bits per heavy atom. The zero-order valence-electron chi connectivity index (χ0n) is 20.5. The number of carbonyl (C=O) groups excluding carboxylic acids is 1. The van der Waals surface area contributed by atoms with Crippen LogP contribution in [0.25, 0.3) is 27.8 Å². The second kappa shape index (κ2) is 8.71. The first-order valence-electron chi connectivity index (χ1n) is 12.3. The molecule has 0 spiro atoms. The largest absolute Gasteiger partial charge is 0.382 e. The number of nitrogen functional groups attached to an aromatic ring is 1. The predicted octanol–water partition coefficient (Wildman–Crippen LogP) is 4.55. The number of piperidine rings is 1. The molecule has 1 amide bonds. The van der Waals surface area contributed by atoms with E-state index in [0.717, 1.165) is 57.7 Å². The number of likely N-dealkylation sites (tertiary alicyclic amines) is 1. The van der Waals surface area contributed by atoms with E-state index < -0.39 is 0 Å². The molecule has 8 heteroatoms. The lowest BCUT2D eigenvalue weighted by Gasteiger charge is -2.31. The van der Waals surface area contributed by atoms with Gasteiger partial charge in [0.2, 0.25) is 0 Å². The minimum atomic E-state index is 0.0824. The van der Waals surface area contributed by atoms with E-state index in [9.17, 15) is 4.79 Å². The lowest BCUT2D eigenvalue weighted by molar-refractivity contribution is 0.0711. The van der Waals surface area contributed by atoms with Crippen molar-refractivity contribution in [3.05, 3.63) is 78.4 Å². The average Bonchev–Trinajstić information content (AvgIpc) is 3.51. The average molecular weight is 480 g/mol. The highest BCUT2D eigenvalue weighted by Crippen LogP contribution is 2.35.